The van der Waals surface area contributed by atoms with E-state index in [9.17, 15) is 0 Å². The van der Waals surface area contributed by atoms with E-state index in [-0.39, 0.29) is 5.41 Å². The maximum Gasteiger partial charge on any atom is 0.0205 e. The van der Waals surface area contributed by atoms with Crippen molar-refractivity contribution >= 4 is 185 Å². The van der Waals surface area contributed by atoms with Crippen LogP contribution in [0.25, 0.3) is 197 Å². The van der Waals surface area contributed by atoms with Crippen molar-refractivity contribution < 1.29 is 0 Å². The number of allylic oxidation sites excluding steroid dienone is 21. The fourth-order valence-electron chi connectivity index (χ4n) is 28.2. The molecule has 147 heavy (non-hydrogen) atoms. The number of rotatable bonds is 6. The maximum absolute atomic E-state index is 2.54. The topological polar surface area (TPSA) is 0 Å². The Balaban J connectivity index is 0.0000000980. The number of hydrogen-bond donors (Lipinski definition) is 0. The van der Waals surface area contributed by atoms with Gasteiger partial charge in [0.15, 0.2) is 0 Å². The van der Waals surface area contributed by atoms with Crippen molar-refractivity contribution in [1.82, 2.24) is 0 Å². The van der Waals surface area contributed by atoms with Gasteiger partial charge >= 0.3 is 0 Å². The maximum atomic E-state index is 2.54. The molecule has 0 nitrogen and oxygen atoms in total. The van der Waals surface area contributed by atoms with E-state index in [0.717, 1.165) is 0 Å². The minimum atomic E-state index is -0.0783. The molecule has 0 amide bonds. The molecule has 0 bridgehead atoms. The van der Waals surface area contributed by atoms with Crippen molar-refractivity contribution in [3.8, 4) is 11.1 Å². The molecule has 0 heterocycles. The summed E-state index contributed by atoms with van der Waals surface area (Å²) >= 11 is 0. The Bertz CT molecular complexity index is 10500. The molecule has 2 unspecified atom stereocenters. The zero-order chi connectivity index (χ0) is 96.3. The zero-order valence-corrected chi connectivity index (χ0v) is 81.0. The second kappa shape index (κ2) is 31.3. The molecule has 0 aromatic heterocycles. The Morgan fingerprint density at radius 2 is 0.463 bits per heavy atom. The quantitative estimate of drug-likeness (QED) is 0.146. The van der Waals surface area contributed by atoms with E-state index in [2.05, 4.69) is 511 Å². The summed E-state index contributed by atoms with van der Waals surface area (Å²) in [5.41, 5.74) is 51.4. The molecule has 0 saturated heterocycles. The Morgan fingerprint density at radius 1 is 0.170 bits per heavy atom. The van der Waals surface area contributed by atoms with Crippen LogP contribution in [0.15, 0.2) is 525 Å². The first kappa shape index (κ1) is 82.1. The van der Waals surface area contributed by atoms with Crippen LogP contribution in [0.4, 0.5) is 0 Å². The Morgan fingerprint density at radius 3 is 0.891 bits per heavy atom. The van der Waals surface area contributed by atoms with Crippen LogP contribution in [0, 0.1) is 11.8 Å². The molecule has 23 aromatic carbocycles. The zero-order valence-electron chi connectivity index (χ0n) is 81.0. The third kappa shape index (κ3) is 11.6. The van der Waals surface area contributed by atoms with Gasteiger partial charge in [0, 0.05) is 17.3 Å². The molecular weight excluding hydrogens is 1770 g/mol. The molecule has 0 radical (unpaired) electrons. The summed E-state index contributed by atoms with van der Waals surface area (Å²) < 4.78 is 0. The number of benzene rings is 23. The third-order valence-electron chi connectivity index (χ3n) is 34.3. The van der Waals surface area contributed by atoms with Crippen molar-refractivity contribution in [1.29, 1.82) is 0 Å². The minimum absolute atomic E-state index is 0.0783. The van der Waals surface area contributed by atoms with E-state index in [0.29, 0.717) is 11.8 Å². The van der Waals surface area contributed by atoms with Crippen molar-refractivity contribution in [3.63, 3.8) is 0 Å². The highest BCUT2D eigenvalue weighted by atomic mass is 14.5. The molecule has 11 aliphatic rings. The number of fused-ring (bicyclic) bond motifs is 36. The lowest BCUT2D eigenvalue weighted by Gasteiger charge is -2.42. The first-order chi connectivity index (χ1) is 72.8. The number of hydrogen-bond acceptors (Lipinski definition) is 0. The summed E-state index contributed by atoms with van der Waals surface area (Å²) in [4.78, 5) is 0. The highest BCUT2D eigenvalue weighted by Gasteiger charge is 2.49. The van der Waals surface area contributed by atoms with Gasteiger partial charge in [-0.3, -0.25) is 0 Å². The lowest BCUT2D eigenvalue weighted by molar-refractivity contribution is 0.559. The van der Waals surface area contributed by atoms with E-state index in [4.69, 9.17) is 0 Å². The SMILES string of the molecule is C1=CC2=CC=C3C=CC=C4C(C5=C6C(=C(c7cccc8ccccc78)c7ccc8ccccc8c76)c6c5ccc5ccccc65)=CC(=C1)C2C34.CC1(C)c2ccccc2-c2ccc(C3=C4C(=C(c5cccc6ccccc56)c5ccc6ccccc6c54)c4c3ccc3ccccc43)cc21.c1ccc2c(C3=C4C(=C(c5cc6ccccc6c6ccccc56)c5ccc6ccccc6c54)c4c3ccc3ccccc43)cccc2c1. The van der Waals surface area contributed by atoms with Crippen LogP contribution in [-0.2, 0) is 5.41 Å². The van der Waals surface area contributed by atoms with Gasteiger partial charge in [-0.15, -0.1) is 0 Å². The fourth-order valence-corrected chi connectivity index (χ4v) is 28.2. The molecule has 0 fully saturated rings. The van der Waals surface area contributed by atoms with Crippen LogP contribution in [0.5, 0.6) is 0 Å². The third-order valence-corrected chi connectivity index (χ3v) is 34.3. The second-order valence-electron chi connectivity index (χ2n) is 41.8. The van der Waals surface area contributed by atoms with Gasteiger partial charge in [-0.2, -0.15) is 0 Å². The van der Waals surface area contributed by atoms with Gasteiger partial charge in [-0.1, -0.05) is 499 Å². The first-order valence-electron chi connectivity index (χ1n) is 51.9. The van der Waals surface area contributed by atoms with Crippen LogP contribution in [-0.4, -0.2) is 0 Å². The van der Waals surface area contributed by atoms with Gasteiger partial charge in [0.25, 0.3) is 0 Å². The molecule has 23 aromatic rings. The monoisotopic (exact) mass is 1850 g/mol. The molecule has 0 spiro atoms. The summed E-state index contributed by atoms with van der Waals surface area (Å²) in [6.45, 7) is 4.77. The van der Waals surface area contributed by atoms with Crippen LogP contribution >= 0.6 is 0 Å². The van der Waals surface area contributed by atoms with Crippen molar-refractivity contribution in [2.75, 3.05) is 0 Å². The average molecular weight is 1860 g/mol. The molecule has 0 heteroatoms. The van der Waals surface area contributed by atoms with Gasteiger partial charge in [-0.05, 0) is 342 Å². The Kier molecular flexibility index (Phi) is 17.5. The van der Waals surface area contributed by atoms with E-state index in [1.54, 1.807) is 0 Å². The van der Waals surface area contributed by atoms with Gasteiger partial charge in [0.2, 0.25) is 0 Å². The van der Waals surface area contributed by atoms with E-state index < -0.39 is 0 Å². The van der Waals surface area contributed by atoms with Crippen molar-refractivity contribution in [3.05, 3.63) is 631 Å². The smallest absolute Gasteiger partial charge is 0.0205 e. The van der Waals surface area contributed by atoms with Crippen LogP contribution in [0.1, 0.15) is 120 Å². The Labute approximate surface area is 852 Å². The van der Waals surface area contributed by atoms with Crippen molar-refractivity contribution in [2.45, 2.75) is 19.3 Å². The summed E-state index contributed by atoms with van der Waals surface area (Å²) in [6.07, 6.45) is 21.2. The molecule has 0 saturated carbocycles. The average Bonchev–Trinajstić information content (AvgIpc) is 1.52. The molecule has 0 aliphatic heterocycles. The summed E-state index contributed by atoms with van der Waals surface area (Å²) in [5, 5.41) is 28.3. The van der Waals surface area contributed by atoms with Crippen molar-refractivity contribution in [2.24, 2.45) is 11.8 Å². The molecule has 0 N–H and O–H groups in total. The summed E-state index contributed by atoms with van der Waals surface area (Å²) in [5.74, 6) is 0.674. The van der Waals surface area contributed by atoms with Crippen LogP contribution < -0.4 is 0 Å². The first-order valence-corrected chi connectivity index (χ1v) is 51.9. The van der Waals surface area contributed by atoms with Gasteiger partial charge in [0.1, 0.15) is 0 Å². The van der Waals surface area contributed by atoms with Gasteiger partial charge in [-0.25, -0.2) is 0 Å². The molecule has 11 aliphatic carbocycles. The fraction of sp³-hybridized carbons (Fsp3) is 0.0340. The normalized spacial score (nSPS) is 16.5. The van der Waals surface area contributed by atoms with Crippen LogP contribution in [0.3, 0.4) is 0 Å². The molecule has 2 atom stereocenters. The minimum Gasteiger partial charge on any atom is -0.0619 e. The Hall–Kier alpha value is -18.5. The summed E-state index contributed by atoms with van der Waals surface area (Å²) in [7, 11) is 0. The van der Waals surface area contributed by atoms with Gasteiger partial charge < -0.3 is 0 Å². The van der Waals surface area contributed by atoms with E-state index >= 15 is 0 Å². The van der Waals surface area contributed by atoms with Gasteiger partial charge in [0.05, 0.1) is 0 Å². The standard InChI is InChI=1S/C50H30.C49H32.C48H28/c1-4-17-35-29(10-1)13-8-20-38(35)47-40-26-24-30-11-2-5-18-36(30)45(40)50-48(41-27-25-31-12-3-6-19-37(31)46(41)49(47)50)42-28-34-16-7-14-32-22-23-33-15-9-21-39(42)44(33)43(32)34;1-49(2)41-21-10-9-19-36(41)37-25-24-32(28-42(37)49)43-39-26-22-30-13-4-7-17-34(30)44(39)48-46(38-20-11-15-29-12-3-6-16-33(29)38)40-27-23-31-14-5-8-18-35(31)45(40)47(43)48;1-5-17-33-29(12-1)16-11-23-39(33)45-40-26-24-30-13-2-7-19-35(30)43(40)48-46(41-27-25-31-14-3-8-20-36(31)44(41)47(45)48)42-28-32-15-4-6-18-34(32)37-21-9-10-22-38(37)42/h1-28,43-44H;3-28H,1-2H3;1-28H. The lowest BCUT2D eigenvalue weighted by Crippen LogP contribution is -2.30. The molecule has 678 valence electrons. The lowest BCUT2D eigenvalue weighted by atomic mass is 9.61. The predicted octanol–water partition coefficient (Wildman–Crippen LogP) is 37.8. The molecular formula is C147H90. The van der Waals surface area contributed by atoms with E-state index in [1.807, 2.05) is 0 Å². The van der Waals surface area contributed by atoms with E-state index in [1.165, 1.54) is 330 Å². The predicted molar refractivity (Wildman–Crippen MR) is 623 cm³/mol. The summed E-state index contributed by atoms with van der Waals surface area (Å²) in [6, 6.07) is 166. The second-order valence-corrected chi connectivity index (χ2v) is 41.8. The highest BCUT2D eigenvalue weighted by Crippen LogP contribution is 2.69. The highest BCUT2D eigenvalue weighted by molar-refractivity contribution is 6.45. The van der Waals surface area contributed by atoms with Crippen LogP contribution in [0.2, 0.25) is 0 Å². The largest absolute Gasteiger partial charge is 0.0619 e. The molecule has 34 rings (SSSR count).